The van der Waals surface area contributed by atoms with Gasteiger partial charge in [0.05, 0.1) is 5.69 Å². The minimum atomic E-state index is -0.342. The monoisotopic (exact) mass is 408 g/mol. The van der Waals surface area contributed by atoms with Gasteiger partial charge in [0.15, 0.2) is 5.11 Å². The molecule has 0 saturated heterocycles. The van der Waals surface area contributed by atoms with Crippen LogP contribution in [0.3, 0.4) is 0 Å². The smallest absolute Gasteiger partial charge is 0.171 e. The van der Waals surface area contributed by atoms with E-state index in [0.29, 0.717) is 15.3 Å². The highest BCUT2D eigenvalue weighted by molar-refractivity contribution is 9.10. The van der Waals surface area contributed by atoms with Gasteiger partial charge in [0.1, 0.15) is 5.82 Å². The summed E-state index contributed by atoms with van der Waals surface area (Å²) in [6.45, 7) is 6.51. The van der Waals surface area contributed by atoms with Crippen molar-refractivity contribution in [3.05, 3.63) is 64.4 Å². The second-order valence-corrected chi connectivity index (χ2v) is 7.90. The van der Waals surface area contributed by atoms with E-state index in [1.807, 2.05) is 6.07 Å². The number of rotatable bonds is 5. The van der Waals surface area contributed by atoms with Crippen LogP contribution in [0.25, 0.3) is 0 Å². The summed E-state index contributed by atoms with van der Waals surface area (Å²) >= 11 is 8.55. The minimum absolute atomic E-state index is 0.0200. The second kappa shape index (κ2) is 8.08. The fraction of sp³-hybridized carbons (Fsp3) is 0.316. The Bertz CT molecular complexity index is 704. The molecular weight excluding hydrogens is 387 g/mol. The van der Waals surface area contributed by atoms with Crippen molar-refractivity contribution in [3.63, 3.8) is 0 Å². The summed E-state index contributed by atoms with van der Waals surface area (Å²) in [6.07, 6.45) is 0.904. The highest BCUT2D eigenvalue weighted by atomic mass is 79.9. The Balaban J connectivity index is 1.94. The third-order valence-corrected chi connectivity index (χ3v) is 4.64. The standard InChI is InChI=1S/C19H22BrFN2S/c1-13(12-19(2,3)14-7-5-4-6-8-14)22-18(24)23-17-10-9-15(20)11-16(17)21/h4-11,13H,12H2,1-3H3,(H2,22,23,24)/t13-/m1/s1. The van der Waals surface area contributed by atoms with Gasteiger partial charge < -0.3 is 10.6 Å². The first-order valence-corrected chi connectivity index (χ1v) is 9.06. The molecule has 2 nitrogen and oxygen atoms in total. The van der Waals surface area contributed by atoms with Crippen LogP contribution < -0.4 is 10.6 Å². The van der Waals surface area contributed by atoms with E-state index in [0.717, 1.165) is 6.42 Å². The molecule has 1 atom stereocenters. The zero-order valence-electron chi connectivity index (χ0n) is 14.1. The molecule has 0 fully saturated rings. The summed E-state index contributed by atoms with van der Waals surface area (Å²) in [4.78, 5) is 0. The van der Waals surface area contributed by atoms with Gasteiger partial charge >= 0.3 is 0 Å². The summed E-state index contributed by atoms with van der Waals surface area (Å²) in [5.74, 6) is -0.342. The molecule has 0 radical (unpaired) electrons. The molecule has 0 aliphatic carbocycles. The number of anilines is 1. The average molecular weight is 409 g/mol. The minimum Gasteiger partial charge on any atom is -0.360 e. The van der Waals surface area contributed by atoms with Crippen LogP contribution in [-0.4, -0.2) is 11.2 Å². The Morgan fingerprint density at radius 2 is 1.88 bits per heavy atom. The van der Waals surface area contributed by atoms with Crippen LogP contribution in [0.15, 0.2) is 53.0 Å². The molecule has 0 bridgehead atoms. The van der Waals surface area contributed by atoms with Crippen LogP contribution in [0.4, 0.5) is 10.1 Å². The van der Waals surface area contributed by atoms with Crippen LogP contribution >= 0.6 is 28.1 Å². The van der Waals surface area contributed by atoms with E-state index in [9.17, 15) is 4.39 Å². The molecule has 0 spiro atoms. The van der Waals surface area contributed by atoms with Crippen LogP contribution in [0.5, 0.6) is 0 Å². The van der Waals surface area contributed by atoms with Gasteiger partial charge in [-0.05, 0) is 54.7 Å². The SMILES string of the molecule is C[C@H](CC(C)(C)c1ccccc1)NC(=S)Nc1ccc(Br)cc1F. The molecule has 0 aliphatic heterocycles. The van der Waals surface area contributed by atoms with E-state index in [-0.39, 0.29) is 17.3 Å². The zero-order valence-corrected chi connectivity index (χ0v) is 16.5. The quantitative estimate of drug-likeness (QED) is 0.626. The van der Waals surface area contributed by atoms with E-state index in [1.165, 1.54) is 11.6 Å². The molecule has 2 aromatic carbocycles. The molecule has 0 aromatic heterocycles. The van der Waals surface area contributed by atoms with Gasteiger partial charge in [-0.1, -0.05) is 60.1 Å². The number of benzene rings is 2. The van der Waals surface area contributed by atoms with Crippen molar-refractivity contribution in [3.8, 4) is 0 Å². The highest BCUT2D eigenvalue weighted by Gasteiger charge is 2.23. The van der Waals surface area contributed by atoms with E-state index < -0.39 is 0 Å². The topological polar surface area (TPSA) is 24.1 Å². The fourth-order valence-corrected chi connectivity index (χ4v) is 3.44. The van der Waals surface area contributed by atoms with E-state index in [2.05, 4.69) is 71.6 Å². The number of thiocarbonyl (C=S) groups is 1. The predicted octanol–water partition coefficient (Wildman–Crippen LogP) is 5.63. The summed E-state index contributed by atoms with van der Waals surface area (Å²) in [6, 6.07) is 15.4. The van der Waals surface area contributed by atoms with Gasteiger partial charge in [-0.25, -0.2) is 4.39 Å². The normalized spacial score (nSPS) is 12.5. The predicted molar refractivity (Wildman–Crippen MR) is 107 cm³/mol. The number of nitrogens with one attached hydrogen (secondary N) is 2. The zero-order chi connectivity index (χ0) is 17.7. The molecular formula is C19H22BrFN2S. The Kier molecular flexibility index (Phi) is 6.35. The van der Waals surface area contributed by atoms with Gasteiger partial charge in [0, 0.05) is 10.5 Å². The van der Waals surface area contributed by atoms with Gasteiger partial charge in [0.2, 0.25) is 0 Å². The van der Waals surface area contributed by atoms with Crippen molar-refractivity contribution in [2.24, 2.45) is 0 Å². The first-order valence-electron chi connectivity index (χ1n) is 7.86. The Labute approximate surface area is 157 Å². The largest absolute Gasteiger partial charge is 0.360 e. The molecule has 24 heavy (non-hydrogen) atoms. The molecule has 0 heterocycles. The van der Waals surface area contributed by atoms with Crippen molar-refractivity contribution < 1.29 is 4.39 Å². The molecule has 128 valence electrons. The molecule has 0 unspecified atom stereocenters. The number of hydrogen-bond donors (Lipinski definition) is 2. The summed E-state index contributed by atoms with van der Waals surface area (Å²) in [7, 11) is 0. The summed E-state index contributed by atoms with van der Waals surface area (Å²) in [5, 5.41) is 6.58. The molecule has 2 N–H and O–H groups in total. The van der Waals surface area contributed by atoms with E-state index >= 15 is 0 Å². The lowest BCUT2D eigenvalue weighted by Crippen LogP contribution is -2.39. The van der Waals surface area contributed by atoms with Crippen molar-refractivity contribution >= 4 is 38.9 Å². The van der Waals surface area contributed by atoms with E-state index in [4.69, 9.17) is 12.2 Å². The Morgan fingerprint density at radius 3 is 2.50 bits per heavy atom. The number of hydrogen-bond acceptors (Lipinski definition) is 1. The molecule has 0 aliphatic rings. The molecule has 2 aromatic rings. The lowest BCUT2D eigenvalue weighted by atomic mass is 9.79. The molecule has 5 heteroatoms. The lowest BCUT2D eigenvalue weighted by molar-refractivity contribution is 0.420. The van der Waals surface area contributed by atoms with Crippen LogP contribution in [0, 0.1) is 5.82 Å². The third kappa shape index (κ3) is 5.28. The lowest BCUT2D eigenvalue weighted by Gasteiger charge is -2.29. The molecule has 0 amide bonds. The maximum Gasteiger partial charge on any atom is 0.171 e. The van der Waals surface area contributed by atoms with Gasteiger partial charge in [-0.15, -0.1) is 0 Å². The van der Waals surface area contributed by atoms with Crippen molar-refractivity contribution in [2.75, 3.05) is 5.32 Å². The van der Waals surface area contributed by atoms with Crippen LogP contribution in [0.2, 0.25) is 0 Å². The van der Waals surface area contributed by atoms with Crippen molar-refractivity contribution in [1.29, 1.82) is 0 Å². The fourth-order valence-electron chi connectivity index (χ4n) is 2.80. The average Bonchev–Trinajstić information content (AvgIpc) is 2.50. The van der Waals surface area contributed by atoms with Gasteiger partial charge in [-0.2, -0.15) is 0 Å². The summed E-state index contributed by atoms with van der Waals surface area (Å²) in [5.41, 5.74) is 1.67. The molecule has 0 saturated carbocycles. The van der Waals surface area contributed by atoms with Crippen molar-refractivity contribution in [2.45, 2.75) is 38.6 Å². The van der Waals surface area contributed by atoms with Crippen LogP contribution in [0.1, 0.15) is 32.8 Å². The third-order valence-electron chi connectivity index (χ3n) is 3.93. The highest BCUT2D eigenvalue weighted by Crippen LogP contribution is 2.28. The van der Waals surface area contributed by atoms with E-state index in [1.54, 1.807) is 12.1 Å². The van der Waals surface area contributed by atoms with Crippen molar-refractivity contribution in [1.82, 2.24) is 5.32 Å². The van der Waals surface area contributed by atoms with Gasteiger partial charge in [-0.3, -0.25) is 0 Å². The maximum atomic E-state index is 13.9. The Hall–Kier alpha value is -1.46. The van der Waals surface area contributed by atoms with Gasteiger partial charge in [0.25, 0.3) is 0 Å². The first kappa shape index (κ1) is 18.9. The van der Waals surface area contributed by atoms with Crippen LogP contribution in [-0.2, 0) is 5.41 Å². The second-order valence-electron chi connectivity index (χ2n) is 6.58. The summed E-state index contributed by atoms with van der Waals surface area (Å²) < 4.78 is 14.6. The Morgan fingerprint density at radius 1 is 1.21 bits per heavy atom. The first-order chi connectivity index (χ1) is 11.3. The molecule has 2 rings (SSSR count). The number of halogens is 2. The maximum absolute atomic E-state index is 13.9.